The molecule has 0 saturated carbocycles. The molecule has 0 aliphatic heterocycles. The van der Waals surface area contributed by atoms with Gasteiger partial charge in [0.05, 0.1) is 6.61 Å². The van der Waals surface area contributed by atoms with Crippen LogP contribution in [0.4, 0.5) is 0 Å². The fraction of sp³-hybridized carbons (Fsp3) is 0.231. The average molecular weight is 246 g/mol. The van der Waals surface area contributed by atoms with Crippen LogP contribution in [-0.2, 0) is 9.53 Å². The molecule has 1 aromatic heterocycles. The summed E-state index contributed by atoms with van der Waals surface area (Å²) in [6.45, 7) is 1.97. The van der Waals surface area contributed by atoms with E-state index in [0.29, 0.717) is 11.1 Å². The van der Waals surface area contributed by atoms with Crippen LogP contribution in [0.1, 0.15) is 18.5 Å². The van der Waals surface area contributed by atoms with Gasteiger partial charge in [-0.25, -0.2) is 4.79 Å². The molecule has 1 heterocycles. The zero-order valence-electron chi connectivity index (χ0n) is 9.97. The Bertz CT molecular complexity index is 633. The van der Waals surface area contributed by atoms with E-state index in [1.54, 1.807) is 25.1 Å². The van der Waals surface area contributed by atoms with E-state index >= 15 is 0 Å². The molecule has 1 aromatic carbocycles. The molecule has 0 spiro atoms. The summed E-state index contributed by atoms with van der Waals surface area (Å²) in [4.78, 5) is 25.9. The van der Waals surface area contributed by atoms with Crippen molar-refractivity contribution in [2.45, 2.75) is 13.0 Å². The molecule has 0 aliphatic rings. The molecule has 2 aromatic rings. The van der Waals surface area contributed by atoms with Gasteiger partial charge in [-0.05, 0) is 18.6 Å². The number of carbonyl (C=O) groups is 1. The predicted molar refractivity (Wildman–Crippen MR) is 68.1 cm³/mol. The summed E-state index contributed by atoms with van der Waals surface area (Å²) in [6.07, 6.45) is 0. The molecular weight excluding hydrogens is 232 g/mol. The molecule has 1 atom stereocenters. The van der Waals surface area contributed by atoms with Crippen LogP contribution in [0.25, 0.3) is 10.9 Å². The Morgan fingerprint density at radius 3 is 2.89 bits per heavy atom. The molecule has 94 valence electrons. The quantitative estimate of drug-likeness (QED) is 0.794. The highest BCUT2D eigenvalue weighted by molar-refractivity contribution is 5.88. The van der Waals surface area contributed by atoms with Crippen LogP contribution in [0.15, 0.2) is 35.1 Å². The third kappa shape index (κ3) is 2.26. The van der Waals surface area contributed by atoms with Crippen molar-refractivity contribution >= 4 is 16.9 Å². The number of esters is 1. The van der Waals surface area contributed by atoms with Crippen LogP contribution in [0, 0.1) is 0 Å². The van der Waals surface area contributed by atoms with Gasteiger partial charge < -0.3 is 15.5 Å². The first kappa shape index (κ1) is 12.3. The Morgan fingerprint density at radius 1 is 1.44 bits per heavy atom. The molecule has 3 N–H and O–H groups in total. The number of rotatable bonds is 3. The van der Waals surface area contributed by atoms with E-state index in [1.807, 2.05) is 6.07 Å². The molecule has 0 bridgehead atoms. The SMILES string of the molecule is CCOC(=O)C(N)c1cc(=O)[nH]c2ccccc12. The largest absolute Gasteiger partial charge is 0.465 e. The second kappa shape index (κ2) is 5.01. The monoisotopic (exact) mass is 246 g/mol. The smallest absolute Gasteiger partial charge is 0.327 e. The number of pyridine rings is 1. The molecule has 0 aliphatic carbocycles. The third-order valence-corrected chi connectivity index (χ3v) is 2.66. The highest BCUT2D eigenvalue weighted by atomic mass is 16.5. The van der Waals surface area contributed by atoms with Gasteiger partial charge in [-0.3, -0.25) is 4.79 Å². The minimum absolute atomic E-state index is 0.258. The fourth-order valence-corrected chi connectivity index (χ4v) is 1.85. The van der Waals surface area contributed by atoms with Crippen LogP contribution >= 0.6 is 0 Å². The van der Waals surface area contributed by atoms with Crippen molar-refractivity contribution in [3.63, 3.8) is 0 Å². The number of ether oxygens (including phenoxy) is 1. The number of para-hydroxylation sites is 1. The fourth-order valence-electron chi connectivity index (χ4n) is 1.85. The average Bonchev–Trinajstić information content (AvgIpc) is 2.37. The van der Waals surface area contributed by atoms with E-state index in [0.717, 1.165) is 5.39 Å². The topological polar surface area (TPSA) is 85.2 Å². The van der Waals surface area contributed by atoms with Gasteiger partial charge in [0.25, 0.3) is 0 Å². The van der Waals surface area contributed by atoms with Gasteiger partial charge in [-0.1, -0.05) is 18.2 Å². The Kier molecular flexibility index (Phi) is 3.43. The van der Waals surface area contributed by atoms with Gasteiger partial charge in [0, 0.05) is 17.0 Å². The molecule has 5 nitrogen and oxygen atoms in total. The van der Waals surface area contributed by atoms with E-state index in [9.17, 15) is 9.59 Å². The van der Waals surface area contributed by atoms with Gasteiger partial charge >= 0.3 is 5.97 Å². The number of aromatic nitrogens is 1. The van der Waals surface area contributed by atoms with Gasteiger partial charge in [0.15, 0.2) is 0 Å². The first-order valence-corrected chi connectivity index (χ1v) is 5.67. The Labute approximate surface area is 104 Å². The third-order valence-electron chi connectivity index (χ3n) is 2.66. The minimum Gasteiger partial charge on any atom is -0.465 e. The maximum atomic E-state index is 11.6. The molecule has 0 fully saturated rings. The van der Waals surface area contributed by atoms with Crippen LogP contribution in [0.2, 0.25) is 0 Å². The number of nitrogens with one attached hydrogen (secondary N) is 1. The van der Waals surface area contributed by atoms with E-state index in [1.165, 1.54) is 6.07 Å². The lowest BCUT2D eigenvalue weighted by atomic mass is 10.0. The molecule has 1 unspecified atom stereocenters. The number of hydrogen-bond acceptors (Lipinski definition) is 4. The number of hydrogen-bond donors (Lipinski definition) is 2. The van der Waals surface area contributed by atoms with Crippen molar-refractivity contribution in [3.05, 3.63) is 46.2 Å². The van der Waals surface area contributed by atoms with E-state index in [-0.39, 0.29) is 12.2 Å². The highest BCUT2D eigenvalue weighted by Gasteiger charge is 2.19. The Morgan fingerprint density at radius 2 is 2.17 bits per heavy atom. The van der Waals surface area contributed by atoms with Crippen molar-refractivity contribution in [1.29, 1.82) is 0 Å². The first-order chi connectivity index (χ1) is 8.63. The summed E-state index contributed by atoms with van der Waals surface area (Å²) in [5, 5.41) is 0.748. The van der Waals surface area contributed by atoms with Gasteiger partial charge in [0.2, 0.25) is 5.56 Å². The molecule has 18 heavy (non-hydrogen) atoms. The number of benzene rings is 1. The van der Waals surface area contributed by atoms with Crippen molar-refractivity contribution in [2.24, 2.45) is 5.73 Å². The summed E-state index contributed by atoms with van der Waals surface area (Å²) in [7, 11) is 0. The summed E-state index contributed by atoms with van der Waals surface area (Å²) >= 11 is 0. The number of nitrogens with two attached hydrogens (primary N) is 1. The van der Waals surface area contributed by atoms with Gasteiger partial charge in [-0.2, -0.15) is 0 Å². The lowest BCUT2D eigenvalue weighted by Crippen LogP contribution is -2.25. The van der Waals surface area contributed by atoms with E-state index in [2.05, 4.69) is 4.98 Å². The second-order valence-corrected chi connectivity index (χ2v) is 3.86. The maximum absolute atomic E-state index is 11.6. The summed E-state index contributed by atoms with van der Waals surface area (Å²) < 4.78 is 4.87. The molecule has 0 amide bonds. The maximum Gasteiger partial charge on any atom is 0.327 e. The lowest BCUT2D eigenvalue weighted by Gasteiger charge is -2.12. The van der Waals surface area contributed by atoms with Crippen molar-refractivity contribution in [3.8, 4) is 0 Å². The lowest BCUT2D eigenvalue weighted by molar-refractivity contribution is -0.144. The van der Waals surface area contributed by atoms with Gasteiger partial charge in [0.1, 0.15) is 6.04 Å². The summed E-state index contributed by atoms with van der Waals surface area (Å²) in [5.74, 6) is -0.534. The number of H-pyrrole nitrogens is 1. The Hall–Kier alpha value is -2.14. The zero-order valence-corrected chi connectivity index (χ0v) is 9.97. The van der Waals surface area contributed by atoms with E-state index < -0.39 is 12.0 Å². The first-order valence-electron chi connectivity index (χ1n) is 5.67. The summed E-state index contributed by atoms with van der Waals surface area (Å²) in [5.41, 5.74) is 6.68. The Balaban J connectivity index is 2.56. The van der Waals surface area contributed by atoms with Gasteiger partial charge in [-0.15, -0.1) is 0 Å². The molecule has 0 saturated heterocycles. The standard InChI is InChI=1S/C13H14N2O3/c1-2-18-13(17)12(14)9-7-11(16)15-10-6-4-3-5-8(9)10/h3-7,12H,2,14H2,1H3,(H,15,16). The van der Waals surface area contributed by atoms with Crippen molar-refractivity contribution in [1.82, 2.24) is 4.98 Å². The van der Waals surface area contributed by atoms with Crippen LogP contribution in [0.3, 0.4) is 0 Å². The van der Waals surface area contributed by atoms with Crippen molar-refractivity contribution < 1.29 is 9.53 Å². The van der Waals surface area contributed by atoms with Crippen LogP contribution < -0.4 is 11.3 Å². The zero-order chi connectivity index (χ0) is 13.1. The number of carbonyl (C=O) groups excluding carboxylic acids is 1. The predicted octanol–water partition coefficient (Wildman–Crippen LogP) is 1.09. The van der Waals surface area contributed by atoms with Crippen molar-refractivity contribution in [2.75, 3.05) is 6.61 Å². The molecule has 0 radical (unpaired) electrons. The molecular formula is C13H14N2O3. The number of fused-ring (bicyclic) bond motifs is 1. The molecule has 2 rings (SSSR count). The van der Waals surface area contributed by atoms with E-state index in [4.69, 9.17) is 10.5 Å². The summed E-state index contributed by atoms with van der Waals surface area (Å²) in [6, 6.07) is 7.58. The second-order valence-electron chi connectivity index (χ2n) is 3.86. The minimum atomic E-state index is -0.947. The van der Waals surface area contributed by atoms with Crippen LogP contribution in [0.5, 0.6) is 0 Å². The normalized spacial score (nSPS) is 12.3. The molecule has 5 heteroatoms. The highest BCUT2D eigenvalue weighted by Crippen LogP contribution is 2.20. The van der Waals surface area contributed by atoms with Crippen LogP contribution in [-0.4, -0.2) is 17.6 Å². The number of aromatic amines is 1.